The van der Waals surface area contributed by atoms with Crippen LogP contribution in [0.4, 0.5) is 5.69 Å². The van der Waals surface area contributed by atoms with E-state index >= 15 is 0 Å². The average molecular weight is 287 g/mol. The van der Waals surface area contributed by atoms with E-state index < -0.39 is 0 Å². The Hall–Kier alpha value is -2.04. The van der Waals surface area contributed by atoms with Gasteiger partial charge in [0.1, 0.15) is 5.75 Å². The molecule has 2 aromatic rings. The number of nitrogens with two attached hydrogens (primary N) is 1. The van der Waals surface area contributed by atoms with Crippen LogP contribution in [0.15, 0.2) is 28.8 Å². The number of ether oxygens (including phenoxy) is 1. The van der Waals surface area contributed by atoms with Crippen molar-refractivity contribution in [1.29, 1.82) is 0 Å². The van der Waals surface area contributed by atoms with Gasteiger partial charge in [0.15, 0.2) is 12.4 Å². The molecule has 1 heterocycles. The van der Waals surface area contributed by atoms with Crippen LogP contribution < -0.4 is 10.5 Å². The third-order valence-corrected chi connectivity index (χ3v) is 4.11. The van der Waals surface area contributed by atoms with Crippen molar-refractivity contribution in [3.8, 4) is 5.75 Å². The summed E-state index contributed by atoms with van der Waals surface area (Å²) in [5.41, 5.74) is 6.35. The molecule has 1 aromatic carbocycles. The van der Waals surface area contributed by atoms with Crippen molar-refractivity contribution in [2.45, 2.75) is 45.1 Å². The molecule has 0 aliphatic heterocycles. The molecule has 1 fully saturated rings. The Bertz CT molecular complexity index is 571. The summed E-state index contributed by atoms with van der Waals surface area (Å²) in [7, 11) is 0. The van der Waals surface area contributed by atoms with Crippen LogP contribution in [0.25, 0.3) is 0 Å². The first-order valence-corrected chi connectivity index (χ1v) is 7.51. The fraction of sp³-hybridized carbons (Fsp3) is 0.500. The lowest BCUT2D eigenvalue weighted by Crippen LogP contribution is -2.12. The van der Waals surface area contributed by atoms with Crippen LogP contribution in [0.2, 0.25) is 0 Å². The molecule has 0 unspecified atom stereocenters. The van der Waals surface area contributed by atoms with Crippen molar-refractivity contribution in [3.63, 3.8) is 0 Å². The van der Waals surface area contributed by atoms with Gasteiger partial charge in [0.2, 0.25) is 0 Å². The topological polar surface area (TPSA) is 74.2 Å². The summed E-state index contributed by atoms with van der Waals surface area (Å²) in [6.45, 7) is 2.60. The molecule has 0 bridgehead atoms. The van der Waals surface area contributed by atoms with Gasteiger partial charge in [-0.05, 0) is 43.0 Å². The van der Waals surface area contributed by atoms with Gasteiger partial charge in [0, 0.05) is 11.6 Å². The lowest BCUT2D eigenvalue weighted by atomic mass is 9.83. The summed E-state index contributed by atoms with van der Waals surface area (Å²) >= 11 is 0. The van der Waals surface area contributed by atoms with Gasteiger partial charge in [-0.2, -0.15) is 4.98 Å². The summed E-state index contributed by atoms with van der Waals surface area (Å²) in [6.07, 6.45) is 4.80. The summed E-state index contributed by atoms with van der Waals surface area (Å²) in [4.78, 5) is 4.46. The summed E-state index contributed by atoms with van der Waals surface area (Å²) in [5.74, 6) is 3.37. The van der Waals surface area contributed by atoms with Gasteiger partial charge in [-0.25, -0.2) is 0 Å². The van der Waals surface area contributed by atoms with Crippen molar-refractivity contribution in [3.05, 3.63) is 36.0 Å². The molecule has 0 spiro atoms. The van der Waals surface area contributed by atoms with Crippen LogP contribution in [0.5, 0.6) is 5.75 Å². The van der Waals surface area contributed by atoms with E-state index in [9.17, 15) is 0 Å². The fourth-order valence-corrected chi connectivity index (χ4v) is 2.72. The largest absolute Gasteiger partial charge is 0.484 e. The van der Waals surface area contributed by atoms with Crippen molar-refractivity contribution in [2.24, 2.45) is 5.92 Å². The molecule has 2 N–H and O–H groups in total. The minimum Gasteiger partial charge on any atom is -0.484 e. The molecule has 1 aromatic heterocycles. The Morgan fingerprint density at radius 3 is 2.62 bits per heavy atom. The maximum atomic E-state index is 5.63. The molecule has 21 heavy (non-hydrogen) atoms. The van der Waals surface area contributed by atoms with Crippen LogP contribution in [0.1, 0.15) is 50.2 Å². The van der Waals surface area contributed by atoms with Gasteiger partial charge >= 0.3 is 0 Å². The Kier molecular flexibility index (Phi) is 4.08. The number of benzene rings is 1. The monoisotopic (exact) mass is 287 g/mol. The van der Waals surface area contributed by atoms with E-state index in [2.05, 4.69) is 17.1 Å². The Balaban J connectivity index is 1.56. The quantitative estimate of drug-likeness (QED) is 0.871. The molecule has 0 atom stereocenters. The van der Waals surface area contributed by atoms with Crippen molar-refractivity contribution >= 4 is 5.69 Å². The van der Waals surface area contributed by atoms with Gasteiger partial charge < -0.3 is 15.0 Å². The molecule has 0 saturated heterocycles. The second-order valence-corrected chi connectivity index (χ2v) is 5.86. The molecule has 0 amide bonds. The number of aromatic nitrogens is 2. The van der Waals surface area contributed by atoms with Crippen LogP contribution in [-0.4, -0.2) is 10.1 Å². The zero-order chi connectivity index (χ0) is 14.7. The number of hydrogen-bond acceptors (Lipinski definition) is 5. The second-order valence-electron chi connectivity index (χ2n) is 5.86. The van der Waals surface area contributed by atoms with E-state index in [1.807, 2.05) is 12.1 Å². The number of anilines is 1. The molecule has 3 rings (SSSR count). The Labute approximate surface area is 124 Å². The maximum absolute atomic E-state index is 5.63. The van der Waals surface area contributed by atoms with E-state index in [4.69, 9.17) is 15.0 Å². The van der Waals surface area contributed by atoms with E-state index in [0.29, 0.717) is 24.1 Å². The highest BCUT2D eigenvalue weighted by Crippen LogP contribution is 2.34. The fourth-order valence-electron chi connectivity index (χ4n) is 2.72. The molecular formula is C16H21N3O2. The highest BCUT2D eigenvalue weighted by molar-refractivity contribution is 5.41. The molecule has 1 aliphatic rings. The van der Waals surface area contributed by atoms with Gasteiger partial charge in [0.05, 0.1) is 0 Å². The number of rotatable bonds is 4. The van der Waals surface area contributed by atoms with E-state index in [1.165, 1.54) is 12.8 Å². The van der Waals surface area contributed by atoms with Crippen LogP contribution in [-0.2, 0) is 6.61 Å². The highest BCUT2D eigenvalue weighted by atomic mass is 16.5. The average Bonchev–Trinajstić information content (AvgIpc) is 2.96. The van der Waals surface area contributed by atoms with Crippen molar-refractivity contribution in [2.75, 3.05) is 5.73 Å². The molecule has 5 nitrogen and oxygen atoms in total. The minimum atomic E-state index is 0.292. The standard InChI is InChI=1S/C16H21N3O2/c1-11-2-4-12(5-3-11)16-18-15(21-19-16)10-20-14-8-6-13(17)7-9-14/h6-9,11-12H,2-5,10,17H2,1H3. The lowest BCUT2D eigenvalue weighted by molar-refractivity contribution is 0.241. The zero-order valence-electron chi connectivity index (χ0n) is 12.3. The minimum absolute atomic E-state index is 0.292. The highest BCUT2D eigenvalue weighted by Gasteiger charge is 2.23. The van der Waals surface area contributed by atoms with Crippen molar-refractivity contribution in [1.82, 2.24) is 10.1 Å². The number of nitrogen functional groups attached to an aromatic ring is 1. The molecule has 5 heteroatoms. The van der Waals surface area contributed by atoms with E-state index in [-0.39, 0.29) is 0 Å². The molecule has 112 valence electrons. The van der Waals surface area contributed by atoms with Crippen LogP contribution in [0.3, 0.4) is 0 Å². The number of nitrogens with zero attached hydrogens (tertiary/aromatic N) is 2. The number of hydrogen-bond donors (Lipinski definition) is 1. The molecule has 1 saturated carbocycles. The van der Waals surface area contributed by atoms with Crippen LogP contribution >= 0.6 is 0 Å². The Morgan fingerprint density at radius 1 is 1.19 bits per heavy atom. The second kappa shape index (κ2) is 6.16. The predicted molar refractivity (Wildman–Crippen MR) is 79.9 cm³/mol. The zero-order valence-corrected chi connectivity index (χ0v) is 12.3. The first-order chi connectivity index (χ1) is 10.2. The molecular weight excluding hydrogens is 266 g/mol. The smallest absolute Gasteiger partial charge is 0.264 e. The van der Waals surface area contributed by atoms with Gasteiger partial charge in [-0.3, -0.25) is 0 Å². The normalized spacial score (nSPS) is 22.1. The van der Waals surface area contributed by atoms with Gasteiger partial charge in [-0.15, -0.1) is 0 Å². The lowest BCUT2D eigenvalue weighted by Gasteiger charge is -2.23. The first kappa shape index (κ1) is 13.9. The summed E-state index contributed by atoms with van der Waals surface area (Å²) in [5, 5.41) is 4.11. The van der Waals surface area contributed by atoms with Gasteiger partial charge in [-0.1, -0.05) is 24.9 Å². The SMILES string of the molecule is CC1CCC(c2noc(COc3ccc(N)cc3)n2)CC1. The third-order valence-electron chi connectivity index (χ3n) is 4.11. The summed E-state index contributed by atoms with van der Waals surface area (Å²) < 4.78 is 10.9. The Morgan fingerprint density at radius 2 is 1.90 bits per heavy atom. The van der Waals surface area contributed by atoms with E-state index in [0.717, 1.165) is 30.3 Å². The molecule has 0 radical (unpaired) electrons. The maximum Gasteiger partial charge on any atom is 0.264 e. The molecule has 1 aliphatic carbocycles. The first-order valence-electron chi connectivity index (χ1n) is 7.51. The predicted octanol–water partition coefficient (Wildman–Crippen LogP) is 3.52. The van der Waals surface area contributed by atoms with Crippen molar-refractivity contribution < 1.29 is 9.26 Å². The van der Waals surface area contributed by atoms with Crippen LogP contribution in [0, 0.1) is 5.92 Å². The third kappa shape index (κ3) is 3.54. The van der Waals surface area contributed by atoms with Gasteiger partial charge in [0.25, 0.3) is 5.89 Å². The van der Waals surface area contributed by atoms with E-state index in [1.54, 1.807) is 12.1 Å². The summed E-state index contributed by atoms with van der Waals surface area (Å²) in [6, 6.07) is 7.26.